The van der Waals surface area contributed by atoms with Crippen molar-refractivity contribution in [2.75, 3.05) is 5.32 Å². The van der Waals surface area contributed by atoms with Gasteiger partial charge in [-0.25, -0.2) is 9.78 Å². The second-order valence-electron chi connectivity index (χ2n) is 7.42. The molecule has 0 unspecified atom stereocenters. The third-order valence-electron chi connectivity index (χ3n) is 3.82. The highest BCUT2D eigenvalue weighted by Crippen LogP contribution is 2.30. The third-order valence-corrected chi connectivity index (χ3v) is 4.91. The Labute approximate surface area is 167 Å². The van der Waals surface area contributed by atoms with Crippen molar-refractivity contribution in [3.05, 3.63) is 48.5 Å². The standard InChI is InChI=1S/C21H23N3O3S/c1-13(22-20(26)27-21(2,3)4)18(25)23-15-11-9-14(10-12-15)19-24-16-7-5-6-8-17(16)28-19/h5-13H,1-4H3,(H,22,26)(H,23,25)/t13-/m0/s1. The minimum Gasteiger partial charge on any atom is -0.444 e. The predicted molar refractivity (Wildman–Crippen MR) is 113 cm³/mol. The Bertz CT molecular complexity index is 957. The van der Waals surface area contributed by atoms with Gasteiger partial charge in [-0.3, -0.25) is 4.79 Å². The number of anilines is 1. The molecule has 6 nitrogen and oxygen atoms in total. The molecule has 2 amide bonds. The Balaban J connectivity index is 1.62. The van der Waals surface area contributed by atoms with E-state index in [-0.39, 0.29) is 5.91 Å². The zero-order valence-electron chi connectivity index (χ0n) is 16.3. The summed E-state index contributed by atoms with van der Waals surface area (Å²) >= 11 is 1.63. The average Bonchev–Trinajstić information content (AvgIpc) is 3.04. The summed E-state index contributed by atoms with van der Waals surface area (Å²) in [6.07, 6.45) is -0.624. The number of para-hydroxylation sites is 1. The molecule has 2 aromatic carbocycles. The number of benzene rings is 2. The Morgan fingerprint density at radius 2 is 1.75 bits per heavy atom. The molecule has 1 aromatic heterocycles. The molecule has 0 spiro atoms. The number of nitrogens with one attached hydrogen (secondary N) is 2. The average molecular weight is 398 g/mol. The fraction of sp³-hybridized carbons (Fsp3) is 0.286. The van der Waals surface area contributed by atoms with Gasteiger partial charge < -0.3 is 15.4 Å². The number of hydrogen-bond acceptors (Lipinski definition) is 5. The van der Waals surface area contributed by atoms with Crippen molar-refractivity contribution in [2.24, 2.45) is 0 Å². The molecule has 0 fully saturated rings. The van der Waals surface area contributed by atoms with Crippen molar-refractivity contribution < 1.29 is 14.3 Å². The SMILES string of the molecule is C[C@H](NC(=O)OC(C)(C)C)C(=O)Nc1ccc(-c2nc3ccccc3s2)cc1. The first-order valence-corrected chi connectivity index (χ1v) is 9.79. The van der Waals surface area contributed by atoms with Gasteiger partial charge in [-0.15, -0.1) is 11.3 Å². The third kappa shape index (κ3) is 5.07. The Morgan fingerprint density at radius 3 is 2.39 bits per heavy atom. The molecule has 3 aromatic rings. The Kier molecular flexibility index (Phi) is 5.65. The number of alkyl carbamates (subject to hydrolysis) is 1. The number of hydrogen-bond donors (Lipinski definition) is 2. The zero-order valence-corrected chi connectivity index (χ0v) is 17.1. The van der Waals surface area contributed by atoms with Crippen molar-refractivity contribution in [2.45, 2.75) is 39.3 Å². The highest BCUT2D eigenvalue weighted by molar-refractivity contribution is 7.21. The Morgan fingerprint density at radius 1 is 1.07 bits per heavy atom. The highest BCUT2D eigenvalue weighted by atomic mass is 32.1. The van der Waals surface area contributed by atoms with E-state index < -0.39 is 17.7 Å². The molecule has 0 aliphatic carbocycles. The molecule has 7 heteroatoms. The monoisotopic (exact) mass is 397 g/mol. The van der Waals surface area contributed by atoms with E-state index in [1.807, 2.05) is 48.5 Å². The highest BCUT2D eigenvalue weighted by Gasteiger charge is 2.21. The van der Waals surface area contributed by atoms with Crippen LogP contribution in [-0.4, -0.2) is 28.6 Å². The van der Waals surface area contributed by atoms with Crippen LogP contribution in [-0.2, 0) is 9.53 Å². The number of amides is 2. The van der Waals surface area contributed by atoms with Crippen molar-refractivity contribution in [3.8, 4) is 10.6 Å². The maximum absolute atomic E-state index is 12.3. The van der Waals surface area contributed by atoms with Crippen LogP contribution < -0.4 is 10.6 Å². The van der Waals surface area contributed by atoms with Gasteiger partial charge in [-0.05, 0) is 64.1 Å². The number of carbonyl (C=O) groups is 2. The smallest absolute Gasteiger partial charge is 0.408 e. The van der Waals surface area contributed by atoms with E-state index in [1.165, 1.54) is 0 Å². The number of fused-ring (bicyclic) bond motifs is 1. The summed E-state index contributed by atoms with van der Waals surface area (Å²) in [5.41, 5.74) is 1.99. The molecule has 0 bridgehead atoms. The van der Waals surface area contributed by atoms with E-state index >= 15 is 0 Å². The fourth-order valence-electron chi connectivity index (χ4n) is 2.49. The Hall–Kier alpha value is -2.93. The lowest BCUT2D eigenvalue weighted by Crippen LogP contribution is -2.43. The van der Waals surface area contributed by atoms with E-state index in [0.717, 1.165) is 20.8 Å². The van der Waals surface area contributed by atoms with Crippen LogP contribution in [0.4, 0.5) is 10.5 Å². The van der Waals surface area contributed by atoms with Crippen molar-refractivity contribution in [1.82, 2.24) is 10.3 Å². The summed E-state index contributed by atoms with van der Waals surface area (Å²) in [6.45, 7) is 6.91. The van der Waals surface area contributed by atoms with Crippen molar-refractivity contribution >= 4 is 39.2 Å². The van der Waals surface area contributed by atoms with Gasteiger partial charge in [0.25, 0.3) is 0 Å². The van der Waals surface area contributed by atoms with Crippen LogP contribution in [0, 0.1) is 0 Å². The van der Waals surface area contributed by atoms with Crippen LogP contribution in [0.2, 0.25) is 0 Å². The summed E-state index contributed by atoms with van der Waals surface area (Å²) in [5, 5.41) is 6.25. The summed E-state index contributed by atoms with van der Waals surface area (Å²) in [4.78, 5) is 28.7. The zero-order chi connectivity index (χ0) is 20.3. The lowest BCUT2D eigenvalue weighted by Gasteiger charge is -2.21. The molecule has 3 rings (SSSR count). The quantitative estimate of drug-likeness (QED) is 0.662. The van der Waals surface area contributed by atoms with Crippen LogP contribution in [0.1, 0.15) is 27.7 Å². The van der Waals surface area contributed by atoms with Gasteiger partial charge >= 0.3 is 6.09 Å². The molecule has 0 saturated carbocycles. The van der Waals surface area contributed by atoms with E-state index in [4.69, 9.17) is 4.74 Å². The second kappa shape index (κ2) is 7.98. The van der Waals surface area contributed by atoms with Gasteiger partial charge in [-0.1, -0.05) is 12.1 Å². The maximum atomic E-state index is 12.3. The molecule has 0 saturated heterocycles. The van der Waals surface area contributed by atoms with E-state index in [1.54, 1.807) is 39.0 Å². The van der Waals surface area contributed by atoms with Crippen LogP contribution in [0.15, 0.2) is 48.5 Å². The summed E-state index contributed by atoms with van der Waals surface area (Å²) in [7, 11) is 0. The molecular formula is C21H23N3O3S. The first-order chi connectivity index (χ1) is 13.2. The summed E-state index contributed by atoms with van der Waals surface area (Å²) < 4.78 is 6.30. The molecular weight excluding hydrogens is 374 g/mol. The minimum atomic E-state index is -0.723. The molecule has 28 heavy (non-hydrogen) atoms. The number of ether oxygens (including phenoxy) is 1. The number of aromatic nitrogens is 1. The normalized spacial score (nSPS) is 12.4. The van der Waals surface area contributed by atoms with E-state index in [9.17, 15) is 9.59 Å². The lowest BCUT2D eigenvalue weighted by atomic mass is 10.2. The molecule has 0 radical (unpaired) electrons. The maximum Gasteiger partial charge on any atom is 0.408 e. The largest absolute Gasteiger partial charge is 0.444 e. The van der Waals surface area contributed by atoms with Crippen LogP contribution in [0.25, 0.3) is 20.8 Å². The molecule has 146 valence electrons. The van der Waals surface area contributed by atoms with E-state index in [0.29, 0.717) is 5.69 Å². The van der Waals surface area contributed by atoms with Gasteiger partial charge in [-0.2, -0.15) is 0 Å². The molecule has 0 aliphatic rings. The molecule has 1 atom stereocenters. The van der Waals surface area contributed by atoms with E-state index in [2.05, 4.69) is 15.6 Å². The topological polar surface area (TPSA) is 80.3 Å². The van der Waals surface area contributed by atoms with Gasteiger partial charge in [0.2, 0.25) is 5.91 Å². The number of nitrogens with zero attached hydrogens (tertiary/aromatic N) is 1. The number of carbonyl (C=O) groups excluding carboxylic acids is 2. The van der Waals surface area contributed by atoms with Gasteiger partial charge in [0.05, 0.1) is 10.2 Å². The van der Waals surface area contributed by atoms with Gasteiger partial charge in [0, 0.05) is 11.3 Å². The van der Waals surface area contributed by atoms with Gasteiger partial charge in [0.1, 0.15) is 16.7 Å². The summed E-state index contributed by atoms with van der Waals surface area (Å²) in [6, 6.07) is 14.7. The van der Waals surface area contributed by atoms with Gasteiger partial charge in [0.15, 0.2) is 0 Å². The number of thiazole rings is 1. The number of rotatable bonds is 4. The summed E-state index contributed by atoms with van der Waals surface area (Å²) in [5.74, 6) is -0.321. The fourth-order valence-corrected chi connectivity index (χ4v) is 3.46. The molecule has 1 heterocycles. The van der Waals surface area contributed by atoms with Crippen LogP contribution in [0.5, 0.6) is 0 Å². The molecule has 2 N–H and O–H groups in total. The van der Waals surface area contributed by atoms with Crippen LogP contribution in [0.3, 0.4) is 0 Å². The van der Waals surface area contributed by atoms with Crippen molar-refractivity contribution in [1.29, 1.82) is 0 Å². The first kappa shape index (κ1) is 19.8. The lowest BCUT2D eigenvalue weighted by molar-refractivity contribution is -0.117. The minimum absolute atomic E-state index is 0.321. The predicted octanol–water partition coefficient (Wildman–Crippen LogP) is 4.82. The second-order valence-corrected chi connectivity index (χ2v) is 8.45. The van der Waals surface area contributed by atoms with Crippen molar-refractivity contribution in [3.63, 3.8) is 0 Å². The van der Waals surface area contributed by atoms with Crippen LogP contribution >= 0.6 is 11.3 Å². The molecule has 0 aliphatic heterocycles. The first-order valence-electron chi connectivity index (χ1n) is 8.98.